The number of halogens is 9. The Bertz CT molecular complexity index is 1040. The molecule has 3 rings (SSSR count). The van der Waals surface area contributed by atoms with E-state index in [0.29, 0.717) is 18.4 Å². The highest BCUT2D eigenvalue weighted by Gasteiger charge is 2.41. The second-order valence-electron chi connectivity index (χ2n) is 9.11. The SMILES string of the molecule is OC(CNC(c1cccc(OCc2cccc(C(F)(F)F)c2)c1)C1CCCC(OC(F)(F)F)C1)C(F)(F)F. The van der Waals surface area contributed by atoms with Crippen LogP contribution in [0.15, 0.2) is 48.5 Å². The lowest BCUT2D eigenvalue weighted by molar-refractivity contribution is -0.346. The van der Waals surface area contributed by atoms with E-state index in [9.17, 15) is 44.6 Å². The van der Waals surface area contributed by atoms with Crippen LogP contribution < -0.4 is 10.1 Å². The molecule has 0 spiro atoms. The van der Waals surface area contributed by atoms with Crippen molar-refractivity contribution < 1.29 is 54.1 Å². The number of hydrogen-bond donors (Lipinski definition) is 2. The number of hydrogen-bond acceptors (Lipinski definition) is 4. The molecule has 2 N–H and O–H groups in total. The fraction of sp³-hybridized carbons (Fsp3) is 0.520. The Hall–Kier alpha value is -2.51. The fourth-order valence-corrected chi connectivity index (χ4v) is 4.49. The number of benzene rings is 2. The molecule has 1 saturated carbocycles. The Morgan fingerprint density at radius 3 is 2.29 bits per heavy atom. The van der Waals surface area contributed by atoms with E-state index < -0.39 is 55.0 Å². The molecule has 212 valence electrons. The van der Waals surface area contributed by atoms with Crippen LogP contribution in [0, 0.1) is 5.92 Å². The molecule has 0 bridgehead atoms. The van der Waals surface area contributed by atoms with E-state index in [1.807, 2.05) is 0 Å². The molecule has 0 amide bonds. The van der Waals surface area contributed by atoms with Crippen LogP contribution in [-0.2, 0) is 17.5 Å². The van der Waals surface area contributed by atoms with Crippen LogP contribution in [0.4, 0.5) is 39.5 Å². The molecular weight excluding hydrogens is 533 g/mol. The summed E-state index contributed by atoms with van der Waals surface area (Å²) in [4.78, 5) is 0. The average Bonchev–Trinajstić information content (AvgIpc) is 2.81. The summed E-state index contributed by atoms with van der Waals surface area (Å²) < 4.78 is 126. The maximum atomic E-state index is 13.0. The molecule has 0 saturated heterocycles. The van der Waals surface area contributed by atoms with Gasteiger partial charge in [0, 0.05) is 12.6 Å². The third kappa shape index (κ3) is 9.05. The zero-order valence-corrected chi connectivity index (χ0v) is 19.8. The fourth-order valence-electron chi connectivity index (χ4n) is 4.49. The van der Waals surface area contributed by atoms with Crippen LogP contribution in [0.1, 0.15) is 48.4 Å². The van der Waals surface area contributed by atoms with E-state index in [4.69, 9.17) is 4.74 Å². The predicted octanol–water partition coefficient (Wildman–Crippen LogP) is 6.93. The first kappa shape index (κ1) is 30.0. The molecule has 0 heterocycles. The van der Waals surface area contributed by atoms with Gasteiger partial charge in [0.2, 0.25) is 0 Å². The van der Waals surface area contributed by atoms with Crippen molar-refractivity contribution in [3.8, 4) is 5.75 Å². The van der Waals surface area contributed by atoms with Crippen LogP contribution in [0.25, 0.3) is 0 Å². The van der Waals surface area contributed by atoms with E-state index in [2.05, 4.69) is 10.1 Å². The largest absolute Gasteiger partial charge is 0.522 e. The zero-order chi connectivity index (χ0) is 28.1. The number of aliphatic hydroxyl groups excluding tert-OH is 1. The highest BCUT2D eigenvalue weighted by molar-refractivity contribution is 5.32. The molecule has 1 aliphatic carbocycles. The van der Waals surface area contributed by atoms with Gasteiger partial charge in [0.25, 0.3) is 0 Å². The third-order valence-electron chi connectivity index (χ3n) is 6.22. The smallest absolute Gasteiger partial charge is 0.489 e. The molecule has 4 unspecified atom stereocenters. The number of rotatable bonds is 9. The number of alkyl halides is 9. The number of nitrogens with one attached hydrogen (secondary N) is 1. The molecule has 2 aromatic carbocycles. The summed E-state index contributed by atoms with van der Waals surface area (Å²) >= 11 is 0. The van der Waals surface area contributed by atoms with Crippen molar-refractivity contribution in [2.24, 2.45) is 5.92 Å². The van der Waals surface area contributed by atoms with Gasteiger partial charge in [-0.1, -0.05) is 30.7 Å². The van der Waals surface area contributed by atoms with Crippen LogP contribution in [0.3, 0.4) is 0 Å². The second kappa shape index (κ2) is 12.1. The van der Waals surface area contributed by atoms with E-state index in [-0.39, 0.29) is 30.8 Å². The Morgan fingerprint density at radius 1 is 0.921 bits per heavy atom. The summed E-state index contributed by atoms with van der Waals surface area (Å²) in [6, 6.07) is 9.63. The molecule has 2 aromatic rings. The zero-order valence-electron chi connectivity index (χ0n) is 19.8. The first-order chi connectivity index (χ1) is 17.6. The molecule has 38 heavy (non-hydrogen) atoms. The normalized spacial score (nSPS) is 20.7. The van der Waals surface area contributed by atoms with Crippen molar-refractivity contribution in [3.05, 3.63) is 65.2 Å². The first-order valence-corrected chi connectivity index (χ1v) is 11.7. The van der Waals surface area contributed by atoms with Crippen LogP contribution >= 0.6 is 0 Å². The minimum Gasteiger partial charge on any atom is -0.489 e. The minimum atomic E-state index is -4.90. The predicted molar refractivity (Wildman–Crippen MR) is 118 cm³/mol. The van der Waals surface area contributed by atoms with Crippen molar-refractivity contribution in [2.75, 3.05) is 6.54 Å². The molecule has 0 aromatic heterocycles. The van der Waals surface area contributed by atoms with Crippen molar-refractivity contribution in [1.82, 2.24) is 5.32 Å². The first-order valence-electron chi connectivity index (χ1n) is 11.7. The Morgan fingerprint density at radius 2 is 1.63 bits per heavy atom. The molecular formula is C25H26F9NO3. The maximum absolute atomic E-state index is 13.0. The van der Waals surface area contributed by atoms with Crippen LogP contribution in [-0.4, -0.2) is 36.4 Å². The summed E-state index contributed by atoms with van der Waals surface area (Å²) in [6.07, 6.45) is -17.4. The van der Waals surface area contributed by atoms with Crippen molar-refractivity contribution in [1.29, 1.82) is 0 Å². The summed E-state index contributed by atoms with van der Waals surface area (Å²) in [7, 11) is 0. The monoisotopic (exact) mass is 559 g/mol. The van der Waals surface area contributed by atoms with Gasteiger partial charge in [-0.25, -0.2) is 0 Å². The van der Waals surface area contributed by atoms with Gasteiger partial charge in [0.1, 0.15) is 12.4 Å². The molecule has 0 radical (unpaired) electrons. The topological polar surface area (TPSA) is 50.7 Å². The highest BCUT2D eigenvalue weighted by atomic mass is 19.4. The molecule has 4 nitrogen and oxygen atoms in total. The summed E-state index contributed by atoms with van der Waals surface area (Å²) in [5.41, 5.74) is -0.237. The standard InChI is InChI=1S/C25H26F9NO3/c26-23(27,28)18-7-1-4-15(10-18)14-37-19-8-2-5-16(11-19)22(35-13-21(36)24(29,30)31)17-6-3-9-20(12-17)38-25(32,33)34/h1-2,4-5,7-8,10-11,17,20-22,35-36H,3,6,9,12-14H2. The Kier molecular flexibility index (Phi) is 9.58. The second-order valence-corrected chi connectivity index (χ2v) is 9.11. The van der Waals surface area contributed by atoms with Gasteiger partial charge in [-0.15, -0.1) is 13.2 Å². The molecule has 0 aliphatic heterocycles. The molecule has 13 heteroatoms. The summed E-state index contributed by atoms with van der Waals surface area (Å²) in [5.74, 6) is -0.364. The van der Waals surface area contributed by atoms with Crippen molar-refractivity contribution >= 4 is 0 Å². The van der Waals surface area contributed by atoms with E-state index in [1.165, 1.54) is 30.3 Å². The summed E-state index contributed by atoms with van der Waals surface area (Å²) in [5, 5.41) is 12.1. The van der Waals surface area contributed by atoms with E-state index in [0.717, 1.165) is 12.1 Å². The van der Waals surface area contributed by atoms with E-state index >= 15 is 0 Å². The van der Waals surface area contributed by atoms with Gasteiger partial charge in [-0.05, 0) is 60.6 Å². The van der Waals surface area contributed by atoms with Crippen molar-refractivity contribution in [2.45, 2.75) is 69.3 Å². The average molecular weight is 559 g/mol. The Balaban J connectivity index is 1.79. The lowest BCUT2D eigenvalue weighted by atomic mass is 9.79. The van der Waals surface area contributed by atoms with Crippen LogP contribution in [0.5, 0.6) is 5.75 Å². The van der Waals surface area contributed by atoms with Crippen LogP contribution in [0.2, 0.25) is 0 Å². The quantitative estimate of drug-likeness (QED) is 0.327. The maximum Gasteiger partial charge on any atom is 0.522 e. The third-order valence-corrected chi connectivity index (χ3v) is 6.22. The highest BCUT2D eigenvalue weighted by Crippen LogP contribution is 2.39. The van der Waals surface area contributed by atoms with Gasteiger partial charge in [-0.3, -0.25) is 4.74 Å². The number of aliphatic hydroxyl groups is 1. The van der Waals surface area contributed by atoms with Gasteiger partial charge >= 0.3 is 18.7 Å². The lowest BCUT2D eigenvalue weighted by Crippen LogP contribution is -2.42. The van der Waals surface area contributed by atoms with Gasteiger partial charge in [-0.2, -0.15) is 26.3 Å². The van der Waals surface area contributed by atoms with Gasteiger partial charge in [0.15, 0.2) is 6.10 Å². The van der Waals surface area contributed by atoms with Gasteiger partial charge in [0.05, 0.1) is 11.7 Å². The number of ether oxygens (including phenoxy) is 2. The Labute approximate surface area is 212 Å². The van der Waals surface area contributed by atoms with Gasteiger partial charge < -0.3 is 15.2 Å². The molecule has 1 aliphatic rings. The van der Waals surface area contributed by atoms with Crippen molar-refractivity contribution in [3.63, 3.8) is 0 Å². The van der Waals surface area contributed by atoms with E-state index in [1.54, 1.807) is 6.07 Å². The minimum absolute atomic E-state index is 0.0887. The molecule has 1 fully saturated rings. The summed E-state index contributed by atoms with van der Waals surface area (Å²) in [6.45, 7) is -1.13. The lowest BCUT2D eigenvalue weighted by Gasteiger charge is -2.36. The molecule has 4 atom stereocenters.